The van der Waals surface area contributed by atoms with Crippen molar-refractivity contribution in [2.45, 2.75) is 18.2 Å². The third kappa shape index (κ3) is 2.98. The van der Waals surface area contributed by atoms with Crippen LogP contribution in [0.3, 0.4) is 0 Å². The first kappa shape index (κ1) is 14.1. The van der Waals surface area contributed by atoms with Gasteiger partial charge in [-0.25, -0.2) is 0 Å². The van der Waals surface area contributed by atoms with E-state index in [1.807, 2.05) is 37.3 Å². The van der Waals surface area contributed by atoms with Crippen LogP contribution in [0.1, 0.15) is 12.5 Å². The Morgan fingerprint density at radius 1 is 1.47 bits per heavy atom. The second-order valence-corrected chi connectivity index (χ2v) is 5.61. The van der Waals surface area contributed by atoms with Crippen LogP contribution in [-0.4, -0.2) is 41.1 Å². The van der Waals surface area contributed by atoms with Gasteiger partial charge in [0.2, 0.25) is 0 Å². The van der Waals surface area contributed by atoms with E-state index in [9.17, 15) is 9.90 Å². The van der Waals surface area contributed by atoms with Crippen molar-refractivity contribution in [2.75, 3.05) is 13.7 Å². The molecule has 0 aliphatic carbocycles. The molecule has 1 aromatic carbocycles. The molecule has 3 unspecified atom stereocenters. The van der Waals surface area contributed by atoms with Crippen molar-refractivity contribution in [1.82, 2.24) is 0 Å². The van der Waals surface area contributed by atoms with Crippen molar-refractivity contribution in [2.24, 2.45) is 10.9 Å². The van der Waals surface area contributed by atoms with E-state index in [1.54, 1.807) is 0 Å². The molecule has 0 saturated carbocycles. The van der Waals surface area contributed by atoms with Gasteiger partial charge in [-0.15, -0.1) is 0 Å². The molecule has 5 heteroatoms. The number of hydrogen-bond acceptors (Lipinski definition) is 5. The number of carbonyl (C=O) groups is 1. The minimum atomic E-state index is -0.294. The third-order valence-corrected chi connectivity index (χ3v) is 4.74. The van der Waals surface area contributed by atoms with Gasteiger partial charge in [0.1, 0.15) is 0 Å². The molecule has 19 heavy (non-hydrogen) atoms. The zero-order chi connectivity index (χ0) is 13.8. The summed E-state index contributed by atoms with van der Waals surface area (Å²) >= 11 is 1.54. The Hall–Kier alpha value is -1.33. The molecular formula is C14H17NO3S. The summed E-state index contributed by atoms with van der Waals surface area (Å²) in [5, 5.41) is 10.2. The topological polar surface area (TPSA) is 58.9 Å². The molecule has 2 rings (SSSR count). The van der Waals surface area contributed by atoms with E-state index in [4.69, 9.17) is 4.74 Å². The maximum Gasteiger partial charge on any atom is 0.309 e. The van der Waals surface area contributed by atoms with Gasteiger partial charge in [0.25, 0.3) is 0 Å². The standard InChI is InChI=1S/C14H17NO3S/c1-9(14(17)18-2)12-11(8-16)15-13(19-12)10-6-4-3-5-7-10/h3-7,9,11-12,16H,8H2,1-2H3. The lowest BCUT2D eigenvalue weighted by atomic mass is 10.0. The first-order chi connectivity index (χ1) is 9.17. The second-order valence-electron chi connectivity index (χ2n) is 4.44. The summed E-state index contributed by atoms with van der Waals surface area (Å²) in [6, 6.07) is 9.54. The highest BCUT2D eigenvalue weighted by Crippen LogP contribution is 2.35. The first-order valence-electron chi connectivity index (χ1n) is 6.16. The van der Waals surface area contributed by atoms with Crippen molar-refractivity contribution >= 4 is 22.8 Å². The molecule has 0 radical (unpaired) electrons. The Kier molecular flexibility index (Phi) is 4.61. The van der Waals surface area contributed by atoms with Gasteiger partial charge in [0, 0.05) is 10.8 Å². The van der Waals surface area contributed by atoms with Crippen LogP contribution in [0, 0.1) is 5.92 Å². The van der Waals surface area contributed by atoms with Crippen molar-refractivity contribution in [3.05, 3.63) is 35.9 Å². The number of nitrogens with zero attached hydrogens (tertiary/aromatic N) is 1. The Morgan fingerprint density at radius 2 is 2.16 bits per heavy atom. The number of carbonyl (C=O) groups excluding carboxylic acids is 1. The fourth-order valence-corrected chi connectivity index (χ4v) is 3.43. The molecule has 1 aliphatic rings. The number of aliphatic imine (C=N–C) groups is 1. The van der Waals surface area contributed by atoms with E-state index in [2.05, 4.69) is 4.99 Å². The molecule has 1 heterocycles. The first-order valence-corrected chi connectivity index (χ1v) is 7.04. The second kappa shape index (κ2) is 6.21. The Balaban J connectivity index is 2.17. The van der Waals surface area contributed by atoms with Crippen LogP contribution in [0.15, 0.2) is 35.3 Å². The summed E-state index contributed by atoms with van der Waals surface area (Å²) in [5.74, 6) is -0.558. The fourth-order valence-electron chi connectivity index (χ4n) is 2.09. The van der Waals surface area contributed by atoms with Crippen LogP contribution in [-0.2, 0) is 9.53 Å². The van der Waals surface area contributed by atoms with Crippen LogP contribution in [0.4, 0.5) is 0 Å². The maximum atomic E-state index is 11.6. The monoisotopic (exact) mass is 279 g/mol. The zero-order valence-electron chi connectivity index (χ0n) is 10.9. The number of hydrogen-bond donors (Lipinski definition) is 1. The minimum Gasteiger partial charge on any atom is -0.469 e. The van der Waals surface area contributed by atoms with Gasteiger partial charge < -0.3 is 9.84 Å². The van der Waals surface area contributed by atoms with Gasteiger partial charge in [-0.05, 0) is 0 Å². The van der Waals surface area contributed by atoms with Crippen molar-refractivity contribution < 1.29 is 14.6 Å². The molecule has 1 N–H and O–H groups in total. The lowest BCUT2D eigenvalue weighted by molar-refractivity contribution is -0.144. The normalized spacial score (nSPS) is 23.8. The number of methoxy groups -OCH3 is 1. The number of benzene rings is 1. The van der Waals surface area contributed by atoms with Crippen LogP contribution in [0.2, 0.25) is 0 Å². The van der Waals surface area contributed by atoms with Crippen LogP contribution < -0.4 is 0 Å². The van der Waals surface area contributed by atoms with E-state index < -0.39 is 0 Å². The smallest absolute Gasteiger partial charge is 0.309 e. The van der Waals surface area contributed by atoms with Gasteiger partial charge in [0.05, 0.1) is 30.7 Å². The summed E-state index contributed by atoms with van der Waals surface area (Å²) in [4.78, 5) is 16.2. The Bertz CT molecular complexity index is 475. The summed E-state index contributed by atoms with van der Waals surface area (Å²) in [6.45, 7) is 1.75. The molecule has 0 amide bonds. The Labute approximate surface area is 116 Å². The van der Waals surface area contributed by atoms with Gasteiger partial charge in [0.15, 0.2) is 0 Å². The maximum absolute atomic E-state index is 11.6. The van der Waals surface area contributed by atoms with Crippen LogP contribution >= 0.6 is 11.8 Å². The summed E-state index contributed by atoms with van der Waals surface area (Å²) in [6.07, 6.45) is 0. The van der Waals surface area contributed by atoms with Gasteiger partial charge >= 0.3 is 5.97 Å². The SMILES string of the molecule is COC(=O)C(C)C1SC(c2ccccc2)=NC1CO. The van der Waals surface area contributed by atoms with Crippen molar-refractivity contribution in [3.63, 3.8) is 0 Å². The largest absolute Gasteiger partial charge is 0.469 e. The molecular weight excluding hydrogens is 262 g/mol. The lowest BCUT2D eigenvalue weighted by Gasteiger charge is -2.20. The number of thioether (sulfide) groups is 1. The fraction of sp³-hybridized carbons (Fsp3) is 0.429. The summed E-state index contributed by atoms with van der Waals surface area (Å²) < 4.78 is 4.77. The molecule has 102 valence electrons. The minimum absolute atomic E-state index is 0.0602. The number of aliphatic hydroxyl groups excluding tert-OH is 1. The molecule has 0 fully saturated rings. The van der Waals surface area contributed by atoms with E-state index in [0.717, 1.165) is 10.6 Å². The van der Waals surface area contributed by atoms with Crippen LogP contribution in [0.5, 0.6) is 0 Å². The summed E-state index contributed by atoms with van der Waals surface area (Å²) in [7, 11) is 1.38. The average Bonchev–Trinajstić information content (AvgIpc) is 2.90. The molecule has 1 aromatic rings. The highest BCUT2D eigenvalue weighted by atomic mass is 32.2. The number of esters is 1. The molecule has 0 bridgehead atoms. The quantitative estimate of drug-likeness (QED) is 0.853. The predicted octanol–water partition coefficient (Wildman–Crippen LogP) is 1.72. The van der Waals surface area contributed by atoms with E-state index >= 15 is 0 Å². The Morgan fingerprint density at radius 3 is 2.74 bits per heavy atom. The predicted molar refractivity (Wildman–Crippen MR) is 76.4 cm³/mol. The molecule has 0 saturated heterocycles. The zero-order valence-corrected chi connectivity index (χ0v) is 11.8. The number of rotatable bonds is 4. The van der Waals surface area contributed by atoms with E-state index in [0.29, 0.717) is 0 Å². The third-order valence-electron chi connectivity index (χ3n) is 3.18. The number of aliphatic hydroxyl groups is 1. The van der Waals surface area contributed by atoms with Crippen molar-refractivity contribution in [1.29, 1.82) is 0 Å². The van der Waals surface area contributed by atoms with Crippen LogP contribution in [0.25, 0.3) is 0 Å². The number of ether oxygens (including phenoxy) is 1. The van der Waals surface area contributed by atoms with Gasteiger partial charge in [-0.1, -0.05) is 49.0 Å². The highest BCUT2D eigenvalue weighted by molar-refractivity contribution is 8.15. The molecule has 0 aromatic heterocycles. The van der Waals surface area contributed by atoms with Crippen molar-refractivity contribution in [3.8, 4) is 0 Å². The van der Waals surface area contributed by atoms with Gasteiger partial charge in [-0.3, -0.25) is 9.79 Å². The van der Waals surface area contributed by atoms with E-state index in [1.165, 1.54) is 18.9 Å². The average molecular weight is 279 g/mol. The molecule has 3 atom stereocenters. The molecule has 1 aliphatic heterocycles. The highest BCUT2D eigenvalue weighted by Gasteiger charge is 2.37. The van der Waals surface area contributed by atoms with E-state index in [-0.39, 0.29) is 29.8 Å². The lowest BCUT2D eigenvalue weighted by Crippen LogP contribution is -2.33. The molecule has 0 spiro atoms. The molecule has 4 nitrogen and oxygen atoms in total. The summed E-state index contributed by atoms with van der Waals surface area (Å²) in [5.41, 5.74) is 1.02. The van der Waals surface area contributed by atoms with Gasteiger partial charge in [-0.2, -0.15) is 0 Å².